The Labute approximate surface area is 220 Å². The molecule has 1 aliphatic rings. The highest BCUT2D eigenvalue weighted by molar-refractivity contribution is 5.97. The Kier molecular flexibility index (Phi) is 8.25. The molecule has 0 unspecified atom stereocenters. The van der Waals surface area contributed by atoms with Crippen LogP contribution in [0.2, 0.25) is 0 Å². The number of nitrogens with one attached hydrogen (secondary N) is 1. The molecule has 3 aromatic rings. The van der Waals surface area contributed by atoms with Crippen LogP contribution in [0.5, 0.6) is 11.5 Å². The van der Waals surface area contributed by atoms with E-state index in [1.807, 2.05) is 6.92 Å². The topological polar surface area (TPSA) is 146 Å². The quantitative estimate of drug-likeness (QED) is 0.243. The molecule has 0 atom stereocenters. The Morgan fingerprint density at radius 1 is 1.18 bits per heavy atom. The number of nitro benzene ring substituents is 1. The average molecular weight is 521 g/mol. The molecule has 3 N–H and O–H groups in total. The lowest BCUT2D eigenvalue weighted by atomic mass is 9.96. The van der Waals surface area contributed by atoms with Gasteiger partial charge in [-0.15, -0.1) is 0 Å². The van der Waals surface area contributed by atoms with Gasteiger partial charge in [0.1, 0.15) is 5.82 Å². The number of benzene rings is 2. The highest BCUT2D eigenvalue weighted by Gasteiger charge is 2.23. The van der Waals surface area contributed by atoms with E-state index in [-0.39, 0.29) is 11.6 Å². The Morgan fingerprint density at radius 3 is 2.55 bits per heavy atom. The zero-order chi connectivity index (χ0) is 27.2. The zero-order valence-corrected chi connectivity index (χ0v) is 21.8. The first-order valence-corrected chi connectivity index (χ1v) is 12.5. The number of carbonyl (C=O) groups is 1. The summed E-state index contributed by atoms with van der Waals surface area (Å²) < 4.78 is 10.8. The molecule has 1 saturated heterocycles. The van der Waals surface area contributed by atoms with Crippen molar-refractivity contribution in [3.05, 3.63) is 57.6 Å². The molecule has 0 radical (unpaired) electrons. The molecule has 2 heterocycles. The summed E-state index contributed by atoms with van der Waals surface area (Å²) in [7, 11) is 3.14. The SMILES string of the molecule is CCC(=Cc1cccc([N+](=O)[O-])c1)C(=O)NCC1CCN(c2nc(N)c3cc(OC)c(OC)cc3n2)CC1. The van der Waals surface area contributed by atoms with Crippen molar-refractivity contribution in [3.63, 3.8) is 0 Å². The molecule has 38 heavy (non-hydrogen) atoms. The van der Waals surface area contributed by atoms with E-state index < -0.39 is 4.92 Å². The number of amides is 1. The van der Waals surface area contributed by atoms with E-state index >= 15 is 0 Å². The van der Waals surface area contributed by atoms with Gasteiger partial charge in [-0.3, -0.25) is 14.9 Å². The fourth-order valence-corrected chi connectivity index (χ4v) is 4.55. The Bertz CT molecular complexity index is 1370. The Balaban J connectivity index is 1.37. The van der Waals surface area contributed by atoms with Gasteiger partial charge >= 0.3 is 0 Å². The fourth-order valence-electron chi connectivity index (χ4n) is 4.55. The van der Waals surface area contributed by atoms with Crippen LogP contribution in [0, 0.1) is 16.0 Å². The smallest absolute Gasteiger partial charge is 0.270 e. The molecule has 1 aliphatic heterocycles. The molecule has 11 heteroatoms. The minimum atomic E-state index is -0.444. The number of ether oxygens (including phenoxy) is 2. The van der Waals surface area contributed by atoms with Crippen LogP contribution < -0.4 is 25.4 Å². The monoisotopic (exact) mass is 520 g/mol. The summed E-state index contributed by atoms with van der Waals surface area (Å²) in [5.41, 5.74) is 8.14. The van der Waals surface area contributed by atoms with Gasteiger partial charge < -0.3 is 25.4 Å². The number of anilines is 2. The molecular formula is C27H32N6O5. The lowest BCUT2D eigenvalue weighted by Crippen LogP contribution is -2.39. The van der Waals surface area contributed by atoms with Gasteiger partial charge in [-0.25, -0.2) is 4.98 Å². The van der Waals surface area contributed by atoms with Gasteiger partial charge in [0.05, 0.1) is 24.7 Å². The van der Waals surface area contributed by atoms with Crippen molar-refractivity contribution in [2.45, 2.75) is 26.2 Å². The Hall–Kier alpha value is -4.41. The maximum absolute atomic E-state index is 12.8. The number of hydrogen-bond donors (Lipinski definition) is 2. The molecule has 4 rings (SSSR count). The molecule has 1 aromatic heterocycles. The number of methoxy groups -OCH3 is 2. The van der Waals surface area contributed by atoms with Gasteiger partial charge in [0.25, 0.3) is 5.69 Å². The van der Waals surface area contributed by atoms with Gasteiger partial charge in [0.2, 0.25) is 11.9 Å². The zero-order valence-electron chi connectivity index (χ0n) is 21.8. The summed E-state index contributed by atoms with van der Waals surface area (Å²) in [6.07, 6.45) is 3.95. The van der Waals surface area contributed by atoms with Crippen LogP contribution in [0.4, 0.5) is 17.5 Å². The minimum absolute atomic E-state index is 0.00242. The Morgan fingerprint density at radius 2 is 1.89 bits per heavy atom. The van der Waals surface area contributed by atoms with Gasteiger partial charge in [-0.2, -0.15) is 4.98 Å². The summed E-state index contributed by atoms with van der Waals surface area (Å²) >= 11 is 0. The molecule has 1 fully saturated rings. The first kappa shape index (κ1) is 26.6. The maximum Gasteiger partial charge on any atom is 0.270 e. The standard InChI is InChI=1S/C27H32N6O5/c1-4-19(12-18-6-5-7-20(13-18)33(35)36)26(34)29-16-17-8-10-32(11-9-17)27-30-22-15-24(38-3)23(37-2)14-21(22)25(28)31-27/h5-7,12-15,17H,4,8-11,16H2,1-3H3,(H,29,34)(H2,28,30,31). The van der Waals surface area contributed by atoms with Crippen LogP contribution in [0.15, 0.2) is 42.0 Å². The summed E-state index contributed by atoms with van der Waals surface area (Å²) in [6.45, 7) is 3.92. The van der Waals surface area contributed by atoms with E-state index in [4.69, 9.17) is 20.2 Å². The van der Waals surface area contributed by atoms with Crippen LogP contribution in [0.1, 0.15) is 31.7 Å². The van der Waals surface area contributed by atoms with E-state index in [1.54, 1.807) is 44.6 Å². The van der Waals surface area contributed by atoms with Crippen molar-refractivity contribution in [2.75, 3.05) is 44.5 Å². The number of nitrogens with zero attached hydrogens (tertiary/aromatic N) is 4. The molecule has 0 bridgehead atoms. The third-order valence-corrected chi connectivity index (χ3v) is 6.76. The van der Waals surface area contributed by atoms with Gasteiger partial charge in [0, 0.05) is 48.8 Å². The molecule has 0 aliphatic carbocycles. The van der Waals surface area contributed by atoms with E-state index in [0.29, 0.717) is 64.2 Å². The predicted molar refractivity (Wildman–Crippen MR) is 146 cm³/mol. The van der Waals surface area contributed by atoms with E-state index in [9.17, 15) is 14.9 Å². The number of carbonyl (C=O) groups excluding carboxylic acids is 1. The minimum Gasteiger partial charge on any atom is -0.493 e. The first-order valence-electron chi connectivity index (χ1n) is 12.5. The summed E-state index contributed by atoms with van der Waals surface area (Å²) in [5, 5.41) is 14.8. The third kappa shape index (κ3) is 5.93. The fraction of sp³-hybridized carbons (Fsp3) is 0.370. The summed E-state index contributed by atoms with van der Waals surface area (Å²) in [5.74, 6) is 2.24. The number of nitro groups is 1. The number of hydrogen-bond acceptors (Lipinski definition) is 9. The molecular weight excluding hydrogens is 488 g/mol. The average Bonchev–Trinajstić information content (AvgIpc) is 2.94. The number of non-ortho nitro benzene ring substituents is 1. The van der Waals surface area contributed by atoms with Crippen LogP contribution in [0.25, 0.3) is 17.0 Å². The number of nitrogens with two attached hydrogens (primary N) is 1. The van der Waals surface area contributed by atoms with Crippen molar-refractivity contribution in [2.24, 2.45) is 5.92 Å². The lowest BCUT2D eigenvalue weighted by molar-refractivity contribution is -0.384. The highest BCUT2D eigenvalue weighted by Crippen LogP contribution is 2.34. The number of fused-ring (bicyclic) bond motifs is 1. The van der Waals surface area contributed by atoms with Crippen LogP contribution >= 0.6 is 0 Å². The second-order valence-corrected chi connectivity index (χ2v) is 9.15. The van der Waals surface area contributed by atoms with Crippen LogP contribution in [-0.2, 0) is 4.79 Å². The van der Waals surface area contributed by atoms with Crippen LogP contribution in [0.3, 0.4) is 0 Å². The predicted octanol–water partition coefficient (Wildman–Crippen LogP) is 3.96. The molecule has 2 aromatic carbocycles. The molecule has 1 amide bonds. The molecule has 0 saturated carbocycles. The van der Waals surface area contributed by atoms with Crippen molar-refractivity contribution < 1.29 is 19.2 Å². The lowest BCUT2D eigenvalue weighted by Gasteiger charge is -2.32. The second-order valence-electron chi connectivity index (χ2n) is 9.15. The normalized spacial score (nSPS) is 14.4. The number of aromatic nitrogens is 2. The second kappa shape index (κ2) is 11.8. The van der Waals surface area contributed by atoms with Crippen molar-refractivity contribution in [1.29, 1.82) is 0 Å². The van der Waals surface area contributed by atoms with Gasteiger partial charge in [0.15, 0.2) is 11.5 Å². The van der Waals surface area contributed by atoms with E-state index in [1.165, 1.54) is 12.1 Å². The third-order valence-electron chi connectivity index (χ3n) is 6.76. The van der Waals surface area contributed by atoms with Crippen molar-refractivity contribution >= 4 is 40.3 Å². The molecule has 200 valence electrons. The first-order chi connectivity index (χ1) is 18.3. The van der Waals surface area contributed by atoms with Crippen molar-refractivity contribution in [1.82, 2.24) is 15.3 Å². The van der Waals surface area contributed by atoms with Gasteiger partial charge in [-0.1, -0.05) is 19.1 Å². The highest BCUT2D eigenvalue weighted by atomic mass is 16.6. The number of rotatable bonds is 9. The maximum atomic E-state index is 12.8. The van der Waals surface area contributed by atoms with Crippen LogP contribution in [-0.4, -0.2) is 54.7 Å². The van der Waals surface area contributed by atoms with E-state index in [0.717, 1.165) is 25.9 Å². The molecule has 0 spiro atoms. The number of piperidine rings is 1. The van der Waals surface area contributed by atoms with E-state index in [2.05, 4.69) is 15.2 Å². The van der Waals surface area contributed by atoms with Crippen molar-refractivity contribution in [3.8, 4) is 11.5 Å². The largest absolute Gasteiger partial charge is 0.493 e. The van der Waals surface area contributed by atoms with Gasteiger partial charge in [-0.05, 0) is 42.9 Å². The molecule has 11 nitrogen and oxygen atoms in total. The summed E-state index contributed by atoms with van der Waals surface area (Å²) in [6, 6.07) is 9.83. The number of nitrogen functional groups attached to an aromatic ring is 1. The summed E-state index contributed by atoms with van der Waals surface area (Å²) in [4.78, 5) is 34.7.